The van der Waals surface area contributed by atoms with Crippen LogP contribution in [0.25, 0.3) is 0 Å². The van der Waals surface area contributed by atoms with Crippen molar-refractivity contribution in [3.63, 3.8) is 0 Å². The number of carbonyl (C=O) groups is 2. The van der Waals surface area contributed by atoms with Crippen LogP contribution in [0, 0.1) is 0 Å². The molecule has 0 saturated heterocycles. The van der Waals surface area contributed by atoms with Gasteiger partial charge in [-0.15, -0.1) is 0 Å². The summed E-state index contributed by atoms with van der Waals surface area (Å²) in [7, 11) is 1.88. The van der Waals surface area contributed by atoms with Crippen LogP contribution in [0.2, 0.25) is 0 Å². The monoisotopic (exact) mass is 288 g/mol. The third kappa shape index (κ3) is 2.48. The maximum Gasteiger partial charge on any atom is 0.335 e. The number of aromatic carboxylic acids is 1. The van der Waals surface area contributed by atoms with Gasteiger partial charge in [-0.05, 0) is 43.0 Å². The van der Waals surface area contributed by atoms with Crippen molar-refractivity contribution in [3.8, 4) is 0 Å². The van der Waals surface area contributed by atoms with Crippen molar-refractivity contribution in [2.75, 3.05) is 18.5 Å². The fraction of sp³-hybridized carbons (Fsp3) is 0.500. The third-order valence-electron chi connectivity index (χ3n) is 4.63. The molecule has 1 heterocycles. The highest BCUT2D eigenvalue weighted by molar-refractivity contribution is 5.96. The van der Waals surface area contributed by atoms with Gasteiger partial charge in [0.15, 0.2) is 0 Å². The molecule has 2 aliphatic rings. The lowest BCUT2D eigenvalue weighted by Gasteiger charge is -2.29. The van der Waals surface area contributed by atoms with Crippen LogP contribution >= 0.6 is 0 Å². The van der Waals surface area contributed by atoms with Crippen molar-refractivity contribution in [1.29, 1.82) is 0 Å². The van der Waals surface area contributed by atoms with Gasteiger partial charge in [0.25, 0.3) is 0 Å². The average Bonchev–Trinajstić information content (AvgIpc) is 3.14. The van der Waals surface area contributed by atoms with Crippen LogP contribution in [0.1, 0.15) is 41.6 Å². The predicted molar refractivity (Wildman–Crippen MR) is 79.9 cm³/mol. The predicted octanol–water partition coefficient (Wildman–Crippen LogP) is 2.74. The number of amides is 2. The second kappa shape index (κ2) is 5.39. The van der Waals surface area contributed by atoms with E-state index in [1.165, 1.54) is 12.8 Å². The van der Waals surface area contributed by atoms with Crippen LogP contribution in [0.5, 0.6) is 0 Å². The van der Waals surface area contributed by atoms with Gasteiger partial charge in [0.1, 0.15) is 0 Å². The molecule has 5 nitrogen and oxygen atoms in total. The smallest absolute Gasteiger partial charge is 0.335 e. The Morgan fingerprint density at radius 1 is 1.29 bits per heavy atom. The number of carbonyl (C=O) groups excluding carboxylic acids is 1. The Hall–Kier alpha value is -2.04. The molecule has 2 amide bonds. The van der Waals surface area contributed by atoms with Crippen molar-refractivity contribution in [1.82, 2.24) is 4.90 Å². The molecule has 0 unspecified atom stereocenters. The maximum absolute atomic E-state index is 12.6. The van der Waals surface area contributed by atoms with Crippen molar-refractivity contribution < 1.29 is 14.7 Å². The molecule has 1 aromatic carbocycles. The van der Waals surface area contributed by atoms with Gasteiger partial charge in [0.2, 0.25) is 0 Å². The molecule has 1 aliphatic carbocycles. The summed E-state index contributed by atoms with van der Waals surface area (Å²) in [5.41, 5.74) is 2.09. The fourth-order valence-electron chi connectivity index (χ4n) is 3.37. The van der Waals surface area contributed by atoms with E-state index in [0.717, 1.165) is 30.5 Å². The number of anilines is 1. The summed E-state index contributed by atoms with van der Waals surface area (Å²) >= 11 is 0. The molecule has 21 heavy (non-hydrogen) atoms. The molecule has 0 spiro atoms. The molecule has 0 aromatic heterocycles. The SMILES string of the molecule is CN(C(=O)N1CCc2cc(C(=O)O)ccc21)C1CCCC1. The molecule has 1 saturated carbocycles. The van der Waals surface area contributed by atoms with E-state index < -0.39 is 5.97 Å². The molecule has 1 fully saturated rings. The van der Waals surface area contributed by atoms with E-state index in [2.05, 4.69) is 0 Å². The van der Waals surface area contributed by atoms with E-state index in [4.69, 9.17) is 5.11 Å². The zero-order chi connectivity index (χ0) is 15.0. The Balaban J connectivity index is 1.80. The lowest BCUT2D eigenvalue weighted by molar-refractivity contribution is 0.0697. The van der Waals surface area contributed by atoms with Gasteiger partial charge in [0.05, 0.1) is 5.56 Å². The summed E-state index contributed by atoms with van der Waals surface area (Å²) < 4.78 is 0. The molecule has 0 bridgehead atoms. The molecule has 112 valence electrons. The topological polar surface area (TPSA) is 60.9 Å². The van der Waals surface area contributed by atoms with E-state index in [-0.39, 0.29) is 11.6 Å². The minimum Gasteiger partial charge on any atom is -0.478 e. The molecule has 1 aromatic rings. The lowest BCUT2D eigenvalue weighted by atomic mass is 10.1. The number of carboxylic acid groups (broad SMARTS) is 1. The molecular formula is C16H20N2O3. The number of hydrogen-bond acceptors (Lipinski definition) is 2. The van der Waals surface area contributed by atoms with Gasteiger partial charge < -0.3 is 10.0 Å². The number of fused-ring (bicyclic) bond motifs is 1. The lowest BCUT2D eigenvalue weighted by Crippen LogP contribution is -2.44. The van der Waals surface area contributed by atoms with Crippen LogP contribution in [0.3, 0.4) is 0 Å². The van der Waals surface area contributed by atoms with Gasteiger partial charge in [-0.1, -0.05) is 12.8 Å². The molecule has 1 aliphatic heterocycles. The molecule has 3 rings (SSSR count). The Morgan fingerprint density at radius 2 is 2.00 bits per heavy atom. The van der Waals surface area contributed by atoms with Crippen molar-refractivity contribution in [3.05, 3.63) is 29.3 Å². The minimum atomic E-state index is -0.925. The third-order valence-corrected chi connectivity index (χ3v) is 4.63. The van der Waals surface area contributed by atoms with Gasteiger partial charge in [-0.3, -0.25) is 4.90 Å². The summed E-state index contributed by atoms with van der Waals surface area (Å²) in [6.45, 7) is 0.633. The number of nitrogens with zero attached hydrogens (tertiary/aromatic N) is 2. The zero-order valence-electron chi connectivity index (χ0n) is 12.2. The Kier molecular flexibility index (Phi) is 3.57. The van der Waals surface area contributed by atoms with Gasteiger partial charge in [0, 0.05) is 25.3 Å². The van der Waals surface area contributed by atoms with Crippen molar-refractivity contribution in [2.45, 2.75) is 38.1 Å². The second-order valence-electron chi connectivity index (χ2n) is 5.88. The van der Waals surface area contributed by atoms with Crippen LogP contribution in [-0.2, 0) is 6.42 Å². The summed E-state index contributed by atoms with van der Waals surface area (Å²) in [4.78, 5) is 27.3. The zero-order valence-corrected chi connectivity index (χ0v) is 12.2. The first-order valence-corrected chi connectivity index (χ1v) is 7.48. The number of urea groups is 1. The van der Waals surface area contributed by atoms with Crippen molar-refractivity contribution >= 4 is 17.7 Å². The van der Waals surface area contributed by atoms with Gasteiger partial charge in [-0.25, -0.2) is 9.59 Å². The van der Waals surface area contributed by atoms with Crippen LogP contribution in [-0.4, -0.2) is 41.6 Å². The first-order chi connectivity index (χ1) is 10.1. The molecule has 1 N–H and O–H groups in total. The van der Waals surface area contributed by atoms with E-state index in [1.54, 1.807) is 23.1 Å². The number of hydrogen-bond donors (Lipinski definition) is 1. The first kappa shape index (κ1) is 13.9. The van der Waals surface area contributed by atoms with E-state index in [1.807, 2.05) is 11.9 Å². The minimum absolute atomic E-state index is 0.0312. The van der Waals surface area contributed by atoms with Crippen molar-refractivity contribution in [2.24, 2.45) is 0 Å². The molecule has 0 atom stereocenters. The van der Waals surface area contributed by atoms with E-state index >= 15 is 0 Å². The van der Waals surface area contributed by atoms with Crippen LogP contribution in [0.4, 0.5) is 10.5 Å². The van der Waals surface area contributed by atoms with Crippen LogP contribution in [0.15, 0.2) is 18.2 Å². The first-order valence-electron chi connectivity index (χ1n) is 7.48. The van der Waals surface area contributed by atoms with E-state index in [9.17, 15) is 9.59 Å². The summed E-state index contributed by atoms with van der Waals surface area (Å²) in [5.74, 6) is -0.925. The average molecular weight is 288 g/mol. The van der Waals surface area contributed by atoms with Crippen LogP contribution < -0.4 is 4.90 Å². The quantitative estimate of drug-likeness (QED) is 0.910. The second-order valence-corrected chi connectivity index (χ2v) is 5.88. The molecular weight excluding hydrogens is 268 g/mol. The van der Waals surface area contributed by atoms with E-state index in [0.29, 0.717) is 12.6 Å². The Labute approximate surface area is 124 Å². The van der Waals surface area contributed by atoms with Gasteiger partial charge >= 0.3 is 12.0 Å². The highest BCUT2D eigenvalue weighted by Gasteiger charge is 2.31. The highest BCUT2D eigenvalue weighted by atomic mass is 16.4. The summed E-state index contributed by atoms with van der Waals surface area (Å²) in [5, 5.41) is 9.03. The van der Waals surface area contributed by atoms with Gasteiger partial charge in [-0.2, -0.15) is 0 Å². The normalized spacial score (nSPS) is 17.9. The Bertz CT molecular complexity index is 579. The number of benzene rings is 1. The largest absolute Gasteiger partial charge is 0.478 e. The number of rotatable bonds is 2. The fourth-order valence-corrected chi connectivity index (χ4v) is 3.37. The summed E-state index contributed by atoms with van der Waals surface area (Å²) in [6.07, 6.45) is 5.28. The highest BCUT2D eigenvalue weighted by Crippen LogP contribution is 2.31. The summed E-state index contributed by atoms with van der Waals surface area (Å²) in [6, 6.07) is 5.39. The number of carboxylic acids is 1. The molecule has 5 heteroatoms. The molecule has 0 radical (unpaired) electrons. The Morgan fingerprint density at radius 3 is 2.67 bits per heavy atom. The standard InChI is InChI=1S/C16H20N2O3/c1-17(13-4-2-3-5-13)16(21)18-9-8-11-10-12(15(19)20)6-7-14(11)18/h6-7,10,13H,2-5,8-9H2,1H3,(H,19,20). The maximum atomic E-state index is 12.6.